The molecule has 0 spiro atoms. The van der Waals surface area contributed by atoms with Crippen molar-refractivity contribution in [1.82, 2.24) is 14.7 Å². The largest absolute Gasteiger partial charge is 0.487 e. The summed E-state index contributed by atoms with van der Waals surface area (Å²) in [5.41, 5.74) is 6.42. The third-order valence-corrected chi connectivity index (χ3v) is 5.69. The van der Waals surface area contributed by atoms with Crippen LogP contribution in [-0.4, -0.2) is 72.1 Å². The molecule has 3 aliphatic rings. The number of ether oxygens (including phenoxy) is 1. The lowest BCUT2D eigenvalue weighted by molar-refractivity contribution is 0.0309. The van der Waals surface area contributed by atoms with Gasteiger partial charge in [0.2, 0.25) is 0 Å². The molecule has 2 saturated heterocycles. The molecule has 1 aromatic rings. The smallest absolute Gasteiger partial charge is 0.320 e. The molecule has 2 amide bonds. The minimum absolute atomic E-state index is 0.0889. The Morgan fingerprint density at radius 2 is 1.72 bits per heavy atom. The lowest BCUT2D eigenvalue weighted by Crippen LogP contribution is -2.60. The van der Waals surface area contributed by atoms with Crippen molar-refractivity contribution in [3.8, 4) is 5.75 Å². The average Bonchev–Trinajstić information content (AvgIpc) is 2.76. The van der Waals surface area contributed by atoms with Gasteiger partial charge in [0.05, 0.1) is 13.1 Å². The van der Waals surface area contributed by atoms with E-state index in [1.165, 1.54) is 19.3 Å². The second kappa shape index (κ2) is 7.12. The van der Waals surface area contributed by atoms with Gasteiger partial charge in [0.1, 0.15) is 11.9 Å². The number of carbonyl (C=O) groups excluding carboxylic acids is 1. The highest BCUT2D eigenvalue weighted by atomic mass is 16.5. The number of nitrogens with zero attached hydrogens (tertiary/aromatic N) is 3. The topological polar surface area (TPSA) is 62.0 Å². The first-order valence-electron chi connectivity index (χ1n) is 9.49. The predicted octanol–water partition coefficient (Wildman–Crippen LogP) is 2.01. The SMILES string of the molecule is Nc1ccc(OC2CN(C(=O)N3CCCN(C4CCC4)CC3)C2)cc1. The quantitative estimate of drug-likeness (QED) is 0.852. The number of urea groups is 1. The van der Waals surface area contributed by atoms with E-state index in [9.17, 15) is 4.79 Å². The maximum atomic E-state index is 12.7. The Labute approximate surface area is 149 Å². The van der Waals surface area contributed by atoms with E-state index >= 15 is 0 Å². The molecule has 3 fully saturated rings. The van der Waals surface area contributed by atoms with E-state index in [1.54, 1.807) is 0 Å². The highest BCUT2D eigenvalue weighted by Crippen LogP contribution is 2.26. The fourth-order valence-electron chi connectivity index (χ4n) is 3.85. The molecule has 136 valence electrons. The summed E-state index contributed by atoms with van der Waals surface area (Å²) in [6.45, 7) is 5.24. The molecule has 25 heavy (non-hydrogen) atoms. The number of rotatable bonds is 3. The first-order chi connectivity index (χ1) is 12.2. The molecule has 0 bridgehead atoms. The van der Waals surface area contributed by atoms with Gasteiger partial charge in [0.15, 0.2) is 0 Å². The lowest BCUT2D eigenvalue weighted by Gasteiger charge is -2.41. The number of carbonyl (C=O) groups is 1. The molecule has 1 aliphatic carbocycles. The van der Waals surface area contributed by atoms with Crippen molar-refractivity contribution in [2.75, 3.05) is 45.0 Å². The van der Waals surface area contributed by atoms with Gasteiger partial charge in [-0.05, 0) is 43.5 Å². The van der Waals surface area contributed by atoms with Crippen LogP contribution in [0.1, 0.15) is 25.7 Å². The summed E-state index contributed by atoms with van der Waals surface area (Å²) in [6.07, 6.45) is 5.22. The van der Waals surface area contributed by atoms with Crippen molar-refractivity contribution in [2.24, 2.45) is 0 Å². The maximum absolute atomic E-state index is 12.7. The van der Waals surface area contributed by atoms with Gasteiger partial charge in [-0.2, -0.15) is 0 Å². The third-order valence-electron chi connectivity index (χ3n) is 5.69. The van der Waals surface area contributed by atoms with Crippen molar-refractivity contribution < 1.29 is 9.53 Å². The normalized spacial score (nSPS) is 22.9. The minimum Gasteiger partial charge on any atom is -0.487 e. The summed E-state index contributed by atoms with van der Waals surface area (Å²) in [5.74, 6) is 0.817. The van der Waals surface area contributed by atoms with Crippen LogP contribution in [0.3, 0.4) is 0 Å². The molecule has 2 N–H and O–H groups in total. The zero-order valence-corrected chi connectivity index (χ0v) is 14.8. The molecule has 1 aromatic carbocycles. The lowest BCUT2D eigenvalue weighted by atomic mass is 9.91. The van der Waals surface area contributed by atoms with E-state index in [4.69, 9.17) is 10.5 Å². The Morgan fingerprint density at radius 3 is 2.40 bits per heavy atom. The highest BCUT2D eigenvalue weighted by molar-refractivity contribution is 5.75. The molecular formula is C19H28N4O2. The summed E-state index contributed by atoms with van der Waals surface area (Å²) in [7, 11) is 0. The fourth-order valence-corrected chi connectivity index (χ4v) is 3.85. The van der Waals surface area contributed by atoms with E-state index in [-0.39, 0.29) is 12.1 Å². The van der Waals surface area contributed by atoms with Gasteiger partial charge < -0.3 is 20.3 Å². The van der Waals surface area contributed by atoms with Crippen LogP contribution in [0.25, 0.3) is 0 Å². The molecule has 0 aromatic heterocycles. The molecule has 0 atom stereocenters. The summed E-state index contributed by atoms with van der Waals surface area (Å²) in [5, 5.41) is 0. The summed E-state index contributed by atoms with van der Waals surface area (Å²) < 4.78 is 5.89. The molecule has 0 unspecified atom stereocenters. The highest BCUT2D eigenvalue weighted by Gasteiger charge is 2.36. The summed E-state index contributed by atoms with van der Waals surface area (Å²) in [4.78, 5) is 19.2. The van der Waals surface area contributed by atoms with Crippen LogP contribution in [0.5, 0.6) is 5.75 Å². The fraction of sp³-hybridized carbons (Fsp3) is 0.632. The van der Waals surface area contributed by atoms with E-state index in [1.807, 2.05) is 34.1 Å². The van der Waals surface area contributed by atoms with Crippen LogP contribution in [0.4, 0.5) is 10.5 Å². The zero-order chi connectivity index (χ0) is 17.2. The summed E-state index contributed by atoms with van der Waals surface area (Å²) >= 11 is 0. The van der Waals surface area contributed by atoms with Crippen molar-refractivity contribution >= 4 is 11.7 Å². The third kappa shape index (κ3) is 3.68. The van der Waals surface area contributed by atoms with Crippen molar-refractivity contribution in [3.05, 3.63) is 24.3 Å². The molecule has 2 heterocycles. The van der Waals surface area contributed by atoms with E-state index < -0.39 is 0 Å². The van der Waals surface area contributed by atoms with E-state index in [0.717, 1.165) is 50.1 Å². The number of nitrogens with two attached hydrogens (primary N) is 1. The summed E-state index contributed by atoms with van der Waals surface area (Å²) in [6, 6.07) is 8.38. The molecule has 6 heteroatoms. The molecule has 4 rings (SSSR count). The van der Waals surface area contributed by atoms with Gasteiger partial charge >= 0.3 is 6.03 Å². The zero-order valence-electron chi connectivity index (χ0n) is 14.8. The van der Waals surface area contributed by atoms with Gasteiger partial charge in [-0.3, -0.25) is 4.90 Å². The minimum atomic E-state index is 0.0889. The van der Waals surface area contributed by atoms with Gasteiger partial charge in [-0.15, -0.1) is 0 Å². The maximum Gasteiger partial charge on any atom is 0.320 e. The molecular weight excluding hydrogens is 316 g/mol. The first-order valence-corrected chi connectivity index (χ1v) is 9.49. The first kappa shape index (κ1) is 16.5. The van der Waals surface area contributed by atoms with Gasteiger partial charge in [-0.25, -0.2) is 4.79 Å². The van der Waals surface area contributed by atoms with Crippen LogP contribution in [0.15, 0.2) is 24.3 Å². The van der Waals surface area contributed by atoms with Crippen molar-refractivity contribution in [3.63, 3.8) is 0 Å². The second-order valence-corrected chi connectivity index (χ2v) is 7.46. The van der Waals surface area contributed by atoms with Gasteiger partial charge in [0.25, 0.3) is 0 Å². The molecule has 1 saturated carbocycles. The monoisotopic (exact) mass is 344 g/mol. The Bertz CT molecular complexity index is 596. The molecule has 0 radical (unpaired) electrons. The number of benzene rings is 1. The van der Waals surface area contributed by atoms with Crippen LogP contribution in [-0.2, 0) is 0 Å². The van der Waals surface area contributed by atoms with Crippen molar-refractivity contribution in [1.29, 1.82) is 0 Å². The van der Waals surface area contributed by atoms with Crippen molar-refractivity contribution in [2.45, 2.75) is 37.8 Å². The standard InChI is InChI=1S/C19H28N4O2/c20-15-5-7-17(8-6-15)25-18-13-23(14-18)19(24)22-10-2-9-21(11-12-22)16-3-1-4-16/h5-8,16,18H,1-4,9-14,20H2. The van der Waals surface area contributed by atoms with Crippen LogP contribution in [0.2, 0.25) is 0 Å². The molecule has 6 nitrogen and oxygen atoms in total. The van der Waals surface area contributed by atoms with Crippen LogP contribution < -0.4 is 10.5 Å². The number of likely N-dealkylation sites (tertiary alicyclic amines) is 1. The number of hydrogen-bond acceptors (Lipinski definition) is 4. The number of anilines is 1. The van der Waals surface area contributed by atoms with E-state index in [2.05, 4.69) is 4.90 Å². The van der Waals surface area contributed by atoms with E-state index in [0.29, 0.717) is 13.1 Å². The molecule has 2 aliphatic heterocycles. The number of amides is 2. The Morgan fingerprint density at radius 1 is 0.960 bits per heavy atom. The second-order valence-electron chi connectivity index (χ2n) is 7.46. The van der Waals surface area contributed by atoms with Crippen LogP contribution in [0, 0.1) is 0 Å². The Balaban J connectivity index is 1.23. The number of nitrogen functional groups attached to an aromatic ring is 1. The average molecular weight is 344 g/mol. The number of hydrogen-bond donors (Lipinski definition) is 1. The van der Waals surface area contributed by atoms with Gasteiger partial charge in [-0.1, -0.05) is 6.42 Å². The predicted molar refractivity (Wildman–Crippen MR) is 97.6 cm³/mol. The van der Waals surface area contributed by atoms with Crippen LogP contribution >= 0.6 is 0 Å². The Kier molecular flexibility index (Phi) is 4.70. The Hall–Kier alpha value is -1.95. The van der Waals surface area contributed by atoms with Gasteiger partial charge in [0, 0.05) is 37.9 Å².